The number of aliphatic hydroxyl groups is 1. The monoisotopic (exact) mass is 598 g/mol. The quantitative estimate of drug-likeness (QED) is 0.0614. The predicted octanol–water partition coefficient (Wildman–Crippen LogP) is 2.02. The molecule has 10 nitrogen and oxygen atoms in total. The van der Waals surface area contributed by atoms with Crippen molar-refractivity contribution in [2.24, 2.45) is 5.41 Å². The third-order valence-electron chi connectivity index (χ3n) is 6.11. The van der Waals surface area contributed by atoms with Crippen LogP contribution < -0.4 is 29.6 Å². The summed E-state index contributed by atoms with van der Waals surface area (Å²) in [4.78, 5) is 0. The van der Waals surface area contributed by atoms with Crippen molar-refractivity contribution in [2.45, 2.75) is 117 Å². The second-order valence-corrected chi connectivity index (χ2v) is 12.3. The van der Waals surface area contributed by atoms with Gasteiger partial charge in [0.05, 0.1) is 31.8 Å². The zero-order chi connectivity index (χ0) is 27.9. The molecule has 0 aromatic carbocycles. The zero-order valence-electron chi connectivity index (χ0n) is 24.0. The van der Waals surface area contributed by atoms with Gasteiger partial charge in [-0.2, -0.15) is 8.42 Å². The molecule has 0 fully saturated rings. The molecule has 0 saturated carbocycles. The van der Waals surface area contributed by atoms with E-state index in [2.05, 4.69) is 21.7 Å². The first-order chi connectivity index (χ1) is 17.6. The Morgan fingerprint density at radius 2 is 1.00 bits per heavy atom. The molecule has 38 heavy (non-hydrogen) atoms. The van der Waals surface area contributed by atoms with Gasteiger partial charge >= 0.3 is 40.0 Å². The van der Waals surface area contributed by atoms with E-state index in [1.807, 2.05) is 0 Å². The number of hydrogen-bond donors (Lipinski definition) is 1. The fourth-order valence-corrected chi connectivity index (χ4v) is 5.20. The summed E-state index contributed by atoms with van der Waals surface area (Å²) in [6, 6.07) is 0. The van der Waals surface area contributed by atoms with Gasteiger partial charge in [0.1, 0.15) is 0 Å². The molecule has 0 aliphatic rings. The maximum Gasteiger partial charge on any atom is 1.00 e. The normalized spacial score (nSPS) is 12.5. The van der Waals surface area contributed by atoms with Crippen LogP contribution in [0, 0.1) is 5.41 Å². The van der Waals surface area contributed by atoms with Gasteiger partial charge < -0.3 is 19.1 Å². The van der Waals surface area contributed by atoms with Gasteiger partial charge in [-0.05, 0) is 12.8 Å². The summed E-state index contributed by atoms with van der Waals surface area (Å²) in [6.07, 6.45) is 18.2. The van der Waals surface area contributed by atoms with Crippen LogP contribution in [0.25, 0.3) is 0 Å². The topological polar surface area (TPSA) is 148 Å². The summed E-state index contributed by atoms with van der Waals surface area (Å²) in [6.45, 7) is 3.92. The molecule has 0 atom stereocenters. The minimum atomic E-state index is -5.52. The molecule has 0 aromatic heterocycles. The minimum Gasteiger partial charge on any atom is -0.725 e. The molecule has 0 aliphatic heterocycles. The van der Waals surface area contributed by atoms with Crippen LogP contribution in [0.2, 0.25) is 0 Å². The molecule has 0 radical (unpaired) electrons. The van der Waals surface area contributed by atoms with E-state index >= 15 is 0 Å². The third-order valence-corrected chi connectivity index (χ3v) is 7.85. The Bertz CT molecular complexity index is 708. The summed E-state index contributed by atoms with van der Waals surface area (Å²) in [7, 11) is -10.6. The van der Waals surface area contributed by atoms with E-state index in [9.17, 15) is 26.5 Å². The zero-order valence-corrected chi connectivity index (χ0v) is 27.6. The first-order valence-electron chi connectivity index (χ1n) is 13.9. The summed E-state index contributed by atoms with van der Waals surface area (Å²) in [5, 5.41) is 10.0. The van der Waals surface area contributed by atoms with E-state index in [-0.39, 0.29) is 42.8 Å². The molecule has 13 heteroatoms. The van der Waals surface area contributed by atoms with Crippen LogP contribution in [-0.4, -0.2) is 66.1 Å². The van der Waals surface area contributed by atoms with Crippen molar-refractivity contribution in [1.82, 2.24) is 0 Å². The Labute approximate surface area is 254 Å². The molecule has 0 amide bonds. The SMILES string of the molecule is CCCCCCCCCCOCC(CO)(COCCCCCCCCCC)COS(=O)(=O)OS(=O)(=O)[O-].[Na+]. The molecule has 0 bridgehead atoms. The molecule has 0 saturated heterocycles. The fraction of sp³-hybridized carbons (Fsp3) is 1.00. The van der Waals surface area contributed by atoms with Gasteiger partial charge in [0.15, 0.2) is 0 Å². The Hall–Kier alpha value is 0.660. The average Bonchev–Trinajstić information content (AvgIpc) is 2.83. The van der Waals surface area contributed by atoms with Crippen molar-refractivity contribution in [3.8, 4) is 0 Å². The van der Waals surface area contributed by atoms with Crippen LogP contribution in [0.5, 0.6) is 0 Å². The third kappa shape index (κ3) is 25.6. The molecular weight excluding hydrogens is 547 g/mol. The van der Waals surface area contributed by atoms with Gasteiger partial charge in [0.25, 0.3) is 0 Å². The van der Waals surface area contributed by atoms with Crippen molar-refractivity contribution < 1.29 is 73.3 Å². The Morgan fingerprint density at radius 3 is 1.34 bits per heavy atom. The Balaban J connectivity index is 0. The number of aliphatic hydroxyl groups excluding tert-OH is 1. The molecular formula is C25H51NaO10S2. The van der Waals surface area contributed by atoms with E-state index in [0.717, 1.165) is 38.5 Å². The number of unbranched alkanes of at least 4 members (excludes halogenated alkanes) is 14. The van der Waals surface area contributed by atoms with Crippen LogP contribution in [0.15, 0.2) is 0 Å². The molecule has 1 N–H and O–H groups in total. The molecule has 0 unspecified atom stereocenters. The van der Waals surface area contributed by atoms with Gasteiger partial charge in [-0.25, -0.2) is 12.6 Å². The number of hydrogen-bond acceptors (Lipinski definition) is 10. The second-order valence-electron chi connectivity index (χ2n) is 9.86. The fourth-order valence-electron chi connectivity index (χ4n) is 3.83. The van der Waals surface area contributed by atoms with Crippen LogP contribution in [0.1, 0.15) is 117 Å². The molecule has 224 valence electrons. The van der Waals surface area contributed by atoms with Crippen LogP contribution in [-0.2, 0) is 38.1 Å². The summed E-state index contributed by atoms with van der Waals surface area (Å²) in [5.74, 6) is 0. The van der Waals surface area contributed by atoms with E-state index < -0.39 is 39.4 Å². The van der Waals surface area contributed by atoms with E-state index in [1.165, 1.54) is 64.2 Å². The van der Waals surface area contributed by atoms with E-state index in [1.54, 1.807) is 0 Å². The number of rotatable bonds is 28. The first-order valence-corrected chi connectivity index (χ1v) is 16.6. The van der Waals surface area contributed by atoms with Crippen molar-refractivity contribution in [3.63, 3.8) is 0 Å². The first kappa shape index (κ1) is 40.8. The van der Waals surface area contributed by atoms with E-state index in [4.69, 9.17) is 9.47 Å². The van der Waals surface area contributed by atoms with Gasteiger partial charge in [-0.15, -0.1) is 3.63 Å². The van der Waals surface area contributed by atoms with Gasteiger partial charge in [0, 0.05) is 13.2 Å². The predicted molar refractivity (Wildman–Crippen MR) is 142 cm³/mol. The van der Waals surface area contributed by atoms with Crippen molar-refractivity contribution in [3.05, 3.63) is 0 Å². The van der Waals surface area contributed by atoms with Crippen LogP contribution in [0.3, 0.4) is 0 Å². The molecule has 0 rings (SSSR count). The van der Waals surface area contributed by atoms with Gasteiger partial charge in [0.2, 0.25) is 10.4 Å². The summed E-state index contributed by atoms with van der Waals surface area (Å²) < 4.78 is 74.8. The molecule has 0 aliphatic carbocycles. The largest absolute Gasteiger partial charge is 1.00 e. The molecule has 0 spiro atoms. The maximum absolute atomic E-state index is 11.7. The second kappa shape index (κ2) is 25.4. The number of ether oxygens (including phenoxy) is 2. The summed E-state index contributed by atoms with van der Waals surface area (Å²) >= 11 is 0. The molecule has 0 heterocycles. The Kier molecular flexibility index (Phi) is 27.2. The maximum atomic E-state index is 11.7. The van der Waals surface area contributed by atoms with Crippen molar-refractivity contribution in [1.29, 1.82) is 0 Å². The van der Waals surface area contributed by atoms with Gasteiger partial charge in [-0.3, -0.25) is 0 Å². The Morgan fingerprint density at radius 1 is 0.632 bits per heavy atom. The van der Waals surface area contributed by atoms with Gasteiger partial charge in [-0.1, -0.05) is 104 Å². The summed E-state index contributed by atoms with van der Waals surface area (Å²) in [5.41, 5.74) is -1.26. The van der Waals surface area contributed by atoms with Crippen molar-refractivity contribution in [2.75, 3.05) is 39.6 Å². The smallest absolute Gasteiger partial charge is 0.725 e. The average molecular weight is 599 g/mol. The van der Waals surface area contributed by atoms with E-state index in [0.29, 0.717) is 13.2 Å². The van der Waals surface area contributed by atoms with Crippen LogP contribution in [0.4, 0.5) is 0 Å². The standard InChI is InChI=1S/C25H52O10S2.Na/c1-3-5-7-9-11-13-15-17-19-32-22-25(21-26,24-34-37(30,31)35-36(27,28)29)23-33-20-18-16-14-12-10-8-6-4-2;/h26H,3-24H2,1-2H3,(H,27,28,29);/q;+1/p-1. The molecule has 0 aromatic rings. The van der Waals surface area contributed by atoms with Crippen LogP contribution >= 0.6 is 0 Å². The minimum absolute atomic E-state index is 0. The van der Waals surface area contributed by atoms with Crippen molar-refractivity contribution >= 4 is 20.8 Å².